The number of amides is 1. The van der Waals surface area contributed by atoms with Crippen molar-refractivity contribution in [3.05, 3.63) is 24.0 Å². The first-order valence-corrected chi connectivity index (χ1v) is 11.1. The third-order valence-corrected chi connectivity index (χ3v) is 5.75. The normalized spacial score (nSPS) is 19.2. The van der Waals surface area contributed by atoms with E-state index in [2.05, 4.69) is 42.6 Å². The lowest BCUT2D eigenvalue weighted by Crippen LogP contribution is -2.34. The van der Waals surface area contributed by atoms with Crippen molar-refractivity contribution in [1.29, 1.82) is 0 Å². The summed E-state index contributed by atoms with van der Waals surface area (Å²) in [5.74, 6) is 1.54. The zero-order chi connectivity index (χ0) is 20.6. The average molecular weight is 402 g/mol. The summed E-state index contributed by atoms with van der Waals surface area (Å²) in [5.41, 5.74) is 2.01. The molecule has 1 saturated carbocycles. The minimum atomic E-state index is 0.0844. The van der Waals surface area contributed by atoms with Crippen LogP contribution in [0.3, 0.4) is 0 Å². The third-order valence-electron chi connectivity index (χ3n) is 5.75. The number of ether oxygens (including phenoxy) is 1. The monoisotopic (exact) mass is 401 g/mol. The van der Waals surface area contributed by atoms with Crippen LogP contribution in [0.4, 0.5) is 5.82 Å². The molecule has 160 valence electrons. The average Bonchev–Trinajstić information content (AvgIpc) is 3.36. The molecule has 0 aromatic carbocycles. The fraction of sp³-hybridized carbons (Fsp3) is 0.682. The Morgan fingerprint density at radius 2 is 2.03 bits per heavy atom. The van der Waals surface area contributed by atoms with Gasteiger partial charge in [0.25, 0.3) is 0 Å². The van der Waals surface area contributed by atoms with Crippen LogP contribution in [0.25, 0.3) is 5.65 Å². The van der Waals surface area contributed by atoms with Gasteiger partial charge in [0, 0.05) is 48.9 Å². The first kappa shape index (κ1) is 21.6. The third kappa shape index (κ3) is 5.69. The van der Waals surface area contributed by atoms with Gasteiger partial charge in [-0.1, -0.05) is 20.8 Å². The van der Waals surface area contributed by atoms with Crippen LogP contribution in [0.2, 0.25) is 0 Å². The highest BCUT2D eigenvalue weighted by Crippen LogP contribution is 2.27. The molecular formula is C22H35N5O2. The predicted octanol–water partition coefficient (Wildman–Crippen LogP) is 3.90. The van der Waals surface area contributed by atoms with E-state index in [4.69, 9.17) is 9.72 Å². The van der Waals surface area contributed by atoms with Crippen molar-refractivity contribution >= 4 is 17.4 Å². The first-order chi connectivity index (χ1) is 14.1. The lowest BCUT2D eigenvalue weighted by Gasteiger charge is -2.19. The molecule has 0 bridgehead atoms. The van der Waals surface area contributed by atoms with Crippen molar-refractivity contribution in [1.82, 2.24) is 19.9 Å². The Kier molecular flexibility index (Phi) is 7.86. The number of nitrogens with zero attached hydrogens (tertiary/aromatic N) is 3. The van der Waals surface area contributed by atoms with Gasteiger partial charge in [0.2, 0.25) is 5.91 Å². The second kappa shape index (κ2) is 10.6. The number of rotatable bonds is 11. The zero-order valence-electron chi connectivity index (χ0n) is 18.0. The van der Waals surface area contributed by atoms with Gasteiger partial charge >= 0.3 is 0 Å². The maximum Gasteiger partial charge on any atom is 0.222 e. The fourth-order valence-electron chi connectivity index (χ4n) is 4.12. The fourth-order valence-corrected chi connectivity index (χ4v) is 4.12. The van der Waals surface area contributed by atoms with E-state index in [0.717, 1.165) is 62.3 Å². The Balaban J connectivity index is 1.59. The summed E-state index contributed by atoms with van der Waals surface area (Å²) in [6.45, 7) is 7.71. The van der Waals surface area contributed by atoms with E-state index in [9.17, 15) is 4.79 Å². The quantitative estimate of drug-likeness (QED) is 0.558. The molecule has 0 aliphatic heterocycles. The summed E-state index contributed by atoms with van der Waals surface area (Å²) in [7, 11) is 0. The Bertz CT molecular complexity index is 787. The highest BCUT2D eigenvalue weighted by atomic mass is 16.5. The van der Waals surface area contributed by atoms with Crippen molar-refractivity contribution in [2.45, 2.75) is 83.7 Å². The lowest BCUT2D eigenvalue weighted by molar-refractivity contribution is -0.122. The van der Waals surface area contributed by atoms with Crippen LogP contribution in [0.1, 0.15) is 77.3 Å². The van der Waals surface area contributed by atoms with Gasteiger partial charge in [-0.25, -0.2) is 4.98 Å². The topological polar surface area (TPSA) is 80.5 Å². The van der Waals surface area contributed by atoms with E-state index < -0.39 is 0 Å². The van der Waals surface area contributed by atoms with E-state index in [1.165, 1.54) is 0 Å². The van der Waals surface area contributed by atoms with Crippen LogP contribution in [-0.2, 0) is 9.53 Å². The summed E-state index contributed by atoms with van der Waals surface area (Å²) in [6, 6.07) is 4.64. The second-order valence-corrected chi connectivity index (χ2v) is 7.96. The SMILES string of the molecule is CCCOCCC(=O)N[C@H]1CC[C@H](Nc2cc(C(CC)CC)nc3ccnn23)C1. The smallest absolute Gasteiger partial charge is 0.222 e. The highest BCUT2D eigenvalue weighted by molar-refractivity contribution is 5.76. The Morgan fingerprint density at radius 1 is 1.24 bits per heavy atom. The van der Waals surface area contributed by atoms with E-state index in [-0.39, 0.29) is 11.9 Å². The van der Waals surface area contributed by atoms with E-state index in [1.54, 1.807) is 6.20 Å². The second-order valence-electron chi connectivity index (χ2n) is 7.96. The molecule has 7 nitrogen and oxygen atoms in total. The van der Waals surface area contributed by atoms with Gasteiger partial charge in [-0.2, -0.15) is 9.61 Å². The summed E-state index contributed by atoms with van der Waals surface area (Å²) < 4.78 is 7.29. The van der Waals surface area contributed by atoms with E-state index in [0.29, 0.717) is 25.0 Å². The molecule has 2 aromatic rings. The van der Waals surface area contributed by atoms with Gasteiger partial charge in [-0.3, -0.25) is 4.79 Å². The molecule has 1 amide bonds. The number of hydrogen-bond donors (Lipinski definition) is 2. The summed E-state index contributed by atoms with van der Waals surface area (Å²) in [6.07, 6.45) is 8.31. The Labute approximate surface area is 173 Å². The molecule has 1 aliphatic rings. The van der Waals surface area contributed by atoms with Gasteiger partial charge in [0.05, 0.1) is 12.8 Å². The molecular weight excluding hydrogens is 366 g/mol. The van der Waals surface area contributed by atoms with Crippen LogP contribution in [0.5, 0.6) is 0 Å². The number of carbonyl (C=O) groups is 1. The number of nitrogens with one attached hydrogen (secondary N) is 2. The molecule has 1 aliphatic carbocycles. The van der Waals surface area contributed by atoms with E-state index in [1.807, 2.05) is 10.6 Å². The molecule has 0 radical (unpaired) electrons. The number of anilines is 1. The van der Waals surface area contributed by atoms with Gasteiger partial charge in [-0.15, -0.1) is 0 Å². The van der Waals surface area contributed by atoms with Gasteiger partial charge in [-0.05, 0) is 38.5 Å². The molecule has 1 fully saturated rings. The van der Waals surface area contributed by atoms with Crippen molar-refractivity contribution in [3.63, 3.8) is 0 Å². The number of fused-ring (bicyclic) bond motifs is 1. The molecule has 0 saturated heterocycles. The van der Waals surface area contributed by atoms with Crippen molar-refractivity contribution in [2.75, 3.05) is 18.5 Å². The summed E-state index contributed by atoms with van der Waals surface area (Å²) in [4.78, 5) is 16.9. The lowest BCUT2D eigenvalue weighted by atomic mass is 9.99. The molecule has 0 spiro atoms. The largest absolute Gasteiger partial charge is 0.381 e. The molecule has 3 rings (SSSR count). The molecule has 2 N–H and O–H groups in total. The Hall–Kier alpha value is -2.15. The van der Waals surface area contributed by atoms with Crippen LogP contribution in [0.15, 0.2) is 18.3 Å². The van der Waals surface area contributed by atoms with Gasteiger partial charge in [0.1, 0.15) is 5.82 Å². The minimum Gasteiger partial charge on any atom is -0.381 e. The number of hydrogen-bond acceptors (Lipinski definition) is 5. The zero-order valence-corrected chi connectivity index (χ0v) is 18.0. The van der Waals surface area contributed by atoms with Crippen molar-refractivity contribution in [2.24, 2.45) is 0 Å². The molecule has 2 aromatic heterocycles. The van der Waals surface area contributed by atoms with Crippen molar-refractivity contribution in [3.8, 4) is 0 Å². The first-order valence-electron chi connectivity index (χ1n) is 11.1. The predicted molar refractivity (Wildman–Crippen MR) is 115 cm³/mol. The number of carbonyl (C=O) groups excluding carboxylic acids is 1. The van der Waals surface area contributed by atoms with Crippen LogP contribution < -0.4 is 10.6 Å². The maximum atomic E-state index is 12.1. The van der Waals surface area contributed by atoms with Crippen LogP contribution in [-0.4, -0.2) is 45.8 Å². The maximum absolute atomic E-state index is 12.1. The molecule has 2 atom stereocenters. The summed E-state index contributed by atoms with van der Waals surface area (Å²) in [5, 5.41) is 11.3. The van der Waals surface area contributed by atoms with Crippen LogP contribution >= 0.6 is 0 Å². The molecule has 29 heavy (non-hydrogen) atoms. The molecule has 0 unspecified atom stereocenters. The molecule has 2 heterocycles. The van der Waals surface area contributed by atoms with Crippen molar-refractivity contribution < 1.29 is 9.53 Å². The Morgan fingerprint density at radius 3 is 2.79 bits per heavy atom. The number of aromatic nitrogens is 3. The molecule has 7 heteroatoms. The summed E-state index contributed by atoms with van der Waals surface area (Å²) >= 11 is 0. The van der Waals surface area contributed by atoms with Gasteiger partial charge in [0.15, 0.2) is 5.65 Å². The van der Waals surface area contributed by atoms with Crippen LogP contribution in [0, 0.1) is 0 Å². The van der Waals surface area contributed by atoms with Gasteiger partial charge < -0.3 is 15.4 Å². The standard InChI is InChI=1S/C22H35N5O2/c1-4-12-29-13-10-22(28)25-18-8-7-17(14-18)24-21-15-19(16(5-2)6-3)26-20-9-11-23-27(20)21/h9,11,15-18,24H,4-8,10,12-14H2,1-3H3,(H,25,28)/t17-,18-/m0/s1. The minimum absolute atomic E-state index is 0.0844. The van der Waals surface area contributed by atoms with E-state index >= 15 is 0 Å². The highest BCUT2D eigenvalue weighted by Gasteiger charge is 2.26.